The first-order valence-corrected chi connectivity index (χ1v) is 22.9. The molecule has 0 amide bonds. The standard InChI is InChI=1S/C61H57NO/c1-41(2)37-55(42(3)4)44-27-25-43(26-28-44)40-63-50-33-29-46(30-34-50)61(45-17-9-7-10-18-45)57-24-16-14-22-52(57)54-36-32-49(39-59(54)61)62(47-19-11-8-12-20-47)48-31-35-53-51-21-13-15-23-56(51)60(5,6)58(53)38-48/h7-36,38-39,41-42,55H,37,40H2,1-6H3. The van der Waals surface area contributed by atoms with Crippen LogP contribution in [0.2, 0.25) is 0 Å². The molecular formula is C61H57NO. The molecular weight excluding hydrogens is 763 g/mol. The molecule has 63 heavy (non-hydrogen) atoms. The molecule has 0 aromatic heterocycles. The number of anilines is 3. The molecule has 0 spiro atoms. The van der Waals surface area contributed by atoms with Crippen molar-refractivity contribution in [1.82, 2.24) is 0 Å². The van der Waals surface area contributed by atoms with Crippen LogP contribution in [0.5, 0.6) is 5.75 Å². The van der Waals surface area contributed by atoms with Gasteiger partial charge in [0.1, 0.15) is 12.4 Å². The minimum absolute atomic E-state index is 0.114. The van der Waals surface area contributed by atoms with Crippen LogP contribution < -0.4 is 9.64 Å². The average molecular weight is 820 g/mol. The summed E-state index contributed by atoms with van der Waals surface area (Å²) in [4.78, 5) is 2.44. The van der Waals surface area contributed by atoms with Crippen LogP contribution in [-0.4, -0.2) is 0 Å². The molecule has 2 nitrogen and oxygen atoms in total. The van der Waals surface area contributed by atoms with Gasteiger partial charge in [0.25, 0.3) is 0 Å². The van der Waals surface area contributed by atoms with Gasteiger partial charge in [-0.25, -0.2) is 0 Å². The van der Waals surface area contributed by atoms with Gasteiger partial charge in [-0.2, -0.15) is 0 Å². The quantitative estimate of drug-likeness (QED) is 0.122. The Bertz CT molecular complexity index is 2890. The Hall–Kier alpha value is -6.64. The fraction of sp³-hybridized carbons (Fsp3) is 0.213. The third-order valence-corrected chi connectivity index (χ3v) is 14.0. The SMILES string of the molecule is CC(C)CC(c1ccc(COc2ccc(C3(c4ccccc4)c4ccccc4-c4ccc(N(c5ccccc5)c5ccc6c(c5)C(C)(C)c5ccccc5-6)cc43)cc2)cc1)C(C)C. The average Bonchev–Trinajstić information content (AvgIpc) is 3.73. The molecule has 0 heterocycles. The molecule has 2 aliphatic carbocycles. The molecule has 0 saturated heterocycles. The second-order valence-electron chi connectivity index (χ2n) is 19.0. The maximum atomic E-state index is 6.51. The summed E-state index contributed by atoms with van der Waals surface area (Å²) in [5, 5.41) is 0. The first-order valence-electron chi connectivity index (χ1n) is 22.9. The van der Waals surface area contributed by atoms with Crippen LogP contribution in [0.3, 0.4) is 0 Å². The number of benzene rings is 8. The predicted molar refractivity (Wildman–Crippen MR) is 264 cm³/mol. The summed E-state index contributed by atoms with van der Waals surface area (Å²) in [5.41, 5.74) is 18.2. The van der Waals surface area contributed by atoms with Gasteiger partial charge in [0.15, 0.2) is 0 Å². The highest BCUT2D eigenvalue weighted by atomic mass is 16.5. The van der Waals surface area contributed by atoms with Crippen LogP contribution in [0, 0.1) is 11.8 Å². The number of hydrogen-bond acceptors (Lipinski definition) is 2. The second-order valence-corrected chi connectivity index (χ2v) is 19.0. The molecule has 312 valence electrons. The van der Waals surface area contributed by atoms with Crippen LogP contribution >= 0.6 is 0 Å². The molecule has 0 aliphatic heterocycles. The highest BCUT2D eigenvalue weighted by Crippen LogP contribution is 2.58. The van der Waals surface area contributed by atoms with Crippen molar-refractivity contribution in [2.45, 2.75) is 71.3 Å². The molecule has 0 N–H and O–H groups in total. The van der Waals surface area contributed by atoms with Crippen molar-refractivity contribution < 1.29 is 4.74 Å². The molecule has 0 radical (unpaired) electrons. The second kappa shape index (κ2) is 16.2. The number of ether oxygens (including phenoxy) is 1. The van der Waals surface area contributed by atoms with E-state index in [0.717, 1.165) is 22.8 Å². The number of nitrogens with zero attached hydrogens (tertiary/aromatic N) is 1. The van der Waals surface area contributed by atoms with E-state index in [1.807, 2.05) is 0 Å². The lowest BCUT2D eigenvalue weighted by atomic mass is 9.67. The van der Waals surface area contributed by atoms with E-state index in [4.69, 9.17) is 4.74 Å². The number of hydrogen-bond donors (Lipinski definition) is 0. The predicted octanol–water partition coefficient (Wildman–Crippen LogP) is 16.2. The van der Waals surface area contributed by atoms with E-state index in [0.29, 0.717) is 24.4 Å². The van der Waals surface area contributed by atoms with Crippen molar-refractivity contribution in [2.75, 3.05) is 4.90 Å². The van der Waals surface area contributed by atoms with Crippen molar-refractivity contribution in [3.05, 3.63) is 239 Å². The summed E-state index contributed by atoms with van der Waals surface area (Å²) in [6, 6.07) is 72.0. The van der Waals surface area contributed by atoms with Gasteiger partial charge >= 0.3 is 0 Å². The third kappa shape index (κ3) is 6.97. The Kier molecular flexibility index (Phi) is 10.4. The first-order chi connectivity index (χ1) is 30.6. The normalized spacial score (nSPS) is 16.0. The van der Waals surface area contributed by atoms with E-state index in [1.165, 1.54) is 73.2 Å². The lowest BCUT2D eigenvalue weighted by Crippen LogP contribution is -2.28. The summed E-state index contributed by atoms with van der Waals surface area (Å²) < 4.78 is 6.51. The first kappa shape index (κ1) is 40.4. The van der Waals surface area contributed by atoms with E-state index in [1.54, 1.807) is 0 Å². The topological polar surface area (TPSA) is 12.5 Å². The Morgan fingerprint density at radius 2 is 0.984 bits per heavy atom. The van der Waals surface area contributed by atoms with Gasteiger partial charge in [0.05, 0.1) is 5.41 Å². The van der Waals surface area contributed by atoms with E-state index >= 15 is 0 Å². The van der Waals surface area contributed by atoms with Crippen molar-refractivity contribution in [3.63, 3.8) is 0 Å². The monoisotopic (exact) mass is 819 g/mol. The van der Waals surface area contributed by atoms with Crippen LogP contribution in [0.15, 0.2) is 194 Å². The van der Waals surface area contributed by atoms with E-state index < -0.39 is 5.41 Å². The van der Waals surface area contributed by atoms with Gasteiger partial charge in [0.2, 0.25) is 0 Å². The van der Waals surface area contributed by atoms with Gasteiger partial charge < -0.3 is 9.64 Å². The zero-order chi connectivity index (χ0) is 43.3. The Balaban J connectivity index is 1.06. The van der Waals surface area contributed by atoms with E-state index in [-0.39, 0.29) is 5.41 Å². The molecule has 0 saturated carbocycles. The lowest BCUT2D eigenvalue weighted by Gasteiger charge is -2.35. The molecule has 2 atom stereocenters. The van der Waals surface area contributed by atoms with Crippen molar-refractivity contribution >= 4 is 17.1 Å². The fourth-order valence-electron chi connectivity index (χ4n) is 10.9. The number of fused-ring (bicyclic) bond motifs is 6. The lowest BCUT2D eigenvalue weighted by molar-refractivity contribution is 0.306. The fourth-order valence-corrected chi connectivity index (χ4v) is 10.9. The number of rotatable bonds is 12. The molecule has 0 fully saturated rings. The van der Waals surface area contributed by atoms with Crippen LogP contribution in [0.4, 0.5) is 17.1 Å². The Labute approximate surface area is 374 Å². The summed E-state index contributed by atoms with van der Waals surface area (Å²) in [6.07, 6.45) is 1.20. The Morgan fingerprint density at radius 3 is 1.62 bits per heavy atom. The van der Waals surface area contributed by atoms with Gasteiger partial charge in [-0.1, -0.05) is 187 Å². The summed E-state index contributed by atoms with van der Waals surface area (Å²) in [5.74, 6) is 2.71. The van der Waals surface area contributed by atoms with Crippen LogP contribution in [-0.2, 0) is 17.4 Å². The largest absolute Gasteiger partial charge is 0.489 e. The number of para-hydroxylation sites is 1. The van der Waals surface area contributed by atoms with Gasteiger partial charge in [-0.3, -0.25) is 0 Å². The molecule has 0 bridgehead atoms. The molecule has 8 aromatic carbocycles. The van der Waals surface area contributed by atoms with E-state index in [2.05, 4.69) is 241 Å². The minimum Gasteiger partial charge on any atom is -0.489 e. The highest BCUT2D eigenvalue weighted by Gasteiger charge is 2.46. The summed E-state index contributed by atoms with van der Waals surface area (Å²) >= 11 is 0. The molecule has 2 heteroatoms. The highest BCUT2D eigenvalue weighted by molar-refractivity contribution is 5.90. The maximum absolute atomic E-state index is 6.51. The van der Waals surface area contributed by atoms with Crippen molar-refractivity contribution in [1.29, 1.82) is 0 Å². The van der Waals surface area contributed by atoms with Crippen LogP contribution in [0.25, 0.3) is 22.3 Å². The molecule has 2 aliphatic rings. The molecule has 2 unspecified atom stereocenters. The maximum Gasteiger partial charge on any atom is 0.119 e. The summed E-state index contributed by atoms with van der Waals surface area (Å²) in [6.45, 7) is 14.6. The molecule has 8 aromatic rings. The summed E-state index contributed by atoms with van der Waals surface area (Å²) in [7, 11) is 0. The molecule has 10 rings (SSSR count). The van der Waals surface area contributed by atoms with Crippen molar-refractivity contribution in [3.8, 4) is 28.0 Å². The smallest absolute Gasteiger partial charge is 0.119 e. The zero-order valence-corrected chi connectivity index (χ0v) is 37.5. The van der Waals surface area contributed by atoms with Gasteiger partial charge in [-0.15, -0.1) is 0 Å². The van der Waals surface area contributed by atoms with E-state index in [9.17, 15) is 0 Å². The van der Waals surface area contributed by atoms with Crippen LogP contribution in [0.1, 0.15) is 98.4 Å². The Morgan fingerprint density at radius 1 is 0.460 bits per heavy atom. The third-order valence-electron chi connectivity index (χ3n) is 14.0. The minimum atomic E-state index is -0.565. The van der Waals surface area contributed by atoms with Gasteiger partial charge in [0, 0.05) is 22.5 Å². The van der Waals surface area contributed by atoms with Gasteiger partial charge in [-0.05, 0) is 139 Å². The van der Waals surface area contributed by atoms with Crippen molar-refractivity contribution in [2.24, 2.45) is 11.8 Å². The zero-order valence-electron chi connectivity index (χ0n) is 37.5.